The Balaban J connectivity index is 1.81. The van der Waals surface area contributed by atoms with Crippen LogP contribution in [-0.2, 0) is 19.2 Å². The summed E-state index contributed by atoms with van der Waals surface area (Å²) in [7, 11) is 0. The van der Waals surface area contributed by atoms with Crippen LogP contribution in [0, 0.1) is 0 Å². The lowest BCUT2D eigenvalue weighted by molar-refractivity contribution is -0.175. The molecule has 3 N–H and O–H groups in total. The van der Waals surface area contributed by atoms with Gasteiger partial charge in [-0.3, -0.25) is 29.0 Å². The Bertz CT molecular complexity index is 945. The van der Waals surface area contributed by atoms with Gasteiger partial charge in [-0.1, -0.05) is 18.2 Å². The zero-order valence-electron chi connectivity index (χ0n) is 17.7. The predicted octanol–water partition coefficient (Wildman–Crippen LogP) is 0.808. The first-order valence-corrected chi connectivity index (χ1v) is 10.4. The van der Waals surface area contributed by atoms with Gasteiger partial charge in [0, 0.05) is 24.9 Å². The fourth-order valence-corrected chi connectivity index (χ4v) is 3.87. The van der Waals surface area contributed by atoms with Crippen LogP contribution in [0.25, 0.3) is 0 Å². The monoisotopic (exact) mass is 442 g/mol. The number of rotatable bonds is 6. The van der Waals surface area contributed by atoms with Crippen molar-refractivity contribution in [3.8, 4) is 0 Å². The van der Waals surface area contributed by atoms with Crippen molar-refractivity contribution in [2.24, 2.45) is 0 Å². The van der Waals surface area contributed by atoms with Crippen molar-refractivity contribution >= 4 is 29.4 Å². The quantitative estimate of drug-likeness (QED) is 0.558. The molecule has 2 saturated heterocycles. The van der Waals surface area contributed by atoms with Gasteiger partial charge in [0.15, 0.2) is 0 Å². The number of carbonyl (C=O) groups is 5. The van der Waals surface area contributed by atoms with Crippen LogP contribution in [0.15, 0.2) is 42.3 Å². The van der Waals surface area contributed by atoms with E-state index in [0.29, 0.717) is 24.7 Å². The van der Waals surface area contributed by atoms with Gasteiger partial charge < -0.3 is 15.7 Å². The third-order valence-electron chi connectivity index (χ3n) is 5.38. The summed E-state index contributed by atoms with van der Waals surface area (Å²) in [4.78, 5) is 62.9. The van der Waals surface area contributed by atoms with Crippen molar-refractivity contribution in [1.29, 1.82) is 0 Å². The van der Waals surface area contributed by atoms with Crippen LogP contribution < -0.4 is 10.6 Å². The van der Waals surface area contributed by atoms with Gasteiger partial charge in [-0.05, 0) is 38.3 Å². The number of Topliss-reactive ketones (excluding diaryl/α,β-unsaturated/α-hetero) is 1. The van der Waals surface area contributed by atoms with Crippen LogP contribution in [0.2, 0.25) is 0 Å². The Kier molecular flexibility index (Phi) is 7.24. The summed E-state index contributed by atoms with van der Waals surface area (Å²) in [6.07, 6.45) is 1.41. The zero-order valence-corrected chi connectivity index (χ0v) is 17.7. The molecule has 0 radical (unpaired) electrons. The van der Waals surface area contributed by atoms with Gasteiger partial charge in [-0.15, -0.1) is 0 Å². The highest BCUT2D eigenvalue weighted by Crippen LogP contribution is 2.25. The van der Waals surface area contributed by atoms with Crippen LogP contribution in [-0.4, -0.2) is 63.2 Å². The van der Waals surface area contributed by atoms with Crippen LogP contribution in [0.1, 0.15) is 49.4 Å². The summed E-state index contributed by atoms with van der Waals surface area (Å²) < 4.78 is 0. The number of nitrogens with zero attached hydrogens (tertiary/aromatic N) is 2. The number of aliphatic hydroxyl groups is 1. The molecule has 170 valence electrons. The van der Waals surface area contributed by atoms with Crippen molar-refractivity contribution in [3.63, 3.8) is 0 Å². The number of hydrazine groups is 1. The number of hydrogen-bond acceptors (Lipinski definition) is 6. The highest BCUT2D eigenvalue weighted by atomic mass is 16.2. The standard InChI is InChI=1S/C22H26N4O6/c1-14(28)12-16(13-27)23-21(31)18-8-5-11-25-19(29)10-9-17(22(32)26(18)25)24-20(30)15-6-3-2-4-7-15/h2-4,6-7,13,17-18,27H,5,8-12H2,1H3,(H,23,31)(H,24,30)/b16-13-/t17-,18-/m0/s1. The Hall–Kier alpha value is -3.69. The molecule has 10 nitrogen and oxygen atoms in total. The van der Waals surface area contributed by atoms with Gasteiger partial charge in [0.05, 0.1) is 12.0 Å². The molecule has 4 amide bonds. The van der Waals surface area contributed by atoms with Gasteiger partial charge in [-0.25, -0.2) is 5.01 Å². The second-order valence-corrected chi connectivity index (χ2v) is 7.81. The molecule has 32 heavy (non-hydrogen) atoms. The normalized spacial score (nSPS) is 21.5. The van der Waals surface area contributed by atoms with Gasteiger partial charge in [-0.2, -0.15) is 0 Å². The van der Waals surface area contributed by atoms with E-state index >= 15 is 0 Å². The van der Waals surface area contributed by atoms with Crippen LogP contribution in [0.5, 0.6) is 0 Å². The summed E-state index contributed by atoms with van der Waals surface area (Å²) in [6.45, 7) is 1.60. The number of amides is 4. The van der Waals surface area contributed by atoms with Gasteiger partial charge in [0.25, 0.3) is 11.8 Å². The molecule has 1 aromatic rings. The lowest BCUT2D eigenvalue weighted by Crippen LogP contribution is -2.63. The van der Waals surface area contributed by atoms with Crippen molar-refractivity contribution in [3.05, 3.63) is 47.9 Å². The second-order valence-electron chi connectivity index (χ2n) is 7.81. The summed E-state index contributed by atoms with van der Waals surface area (Å²) >= 11 is 0. The van der Waals surface area contributed by atoms with E-state index in [0.717, 1.165) is 5.01 Å². The van der Waals surface area contributed by atoms with Crippen LogP contribution in [0.4, 0.5) is 0 Å². The smallest absolute Gasteiger partial charge is 0.264 e. The van der Waals surface area contributed by atoms with Crippen molar-refractivity contribution in [1.82, 2.24) is 20.7 Å². The third kappa shape index (κ3) is 5.13. The molecule has 0 unspecified atom stereocenters. The van der Waals surface area contributed by atoms with Gasteiger partial charge in [0.2, 0.25) is 11.8 Å². The molecule has 2 heterocycles. The molecule has 2 atom stereocenters. The van der Waals surface area contributed by atoms with E-state index in [1.54, 1.807) is 30.3 Å². The molecule has 10 heteroatoms. The minimum absolute atomic E-state index is 0.00199. The maximum atomic E-state index is 13.4. The maximum absolute atomic E-state index is 13.4. The average Bonchev–Trinajstić information content (AvgIpc) is 2.90. The SMILES string of the molecule is CC(=O)C/C(=C/O)NC(=O)[C@@H]1CCCN2C(=O)CC[C@H](NC(=O)c3ccccc3)C(=O)N12. The number of fused-ring (bicyclic) bond motifs is 1. The molecule has 0 saturated carbocycles. The van der Waals surface area contributed by atoms with Crippen LogP contribution in [0.3, 0.4) is 0 Å². The summed E-state index contributed by atoms with van der Waals surface area (Å²) in [5.74, 6) is -2.20. The number of benzene rings is 1. The molecule has 0 aromatic heterocycles. The first-order valence-electron chi connectivity index (χ1n) is 10.4. The largest absolute Gasteiger partial charge is 0.514 e. The van der Waals surface area contributed by atoms with Gasteiger partial charge >= 0.3 is 0 Å². The number of ketones is 1. The van der Waals surface area contributed by atoms with E-state index in [1.807, 2.05) is 0 Å². The molecule has 3 rings (SSSR count). The van der Waals surface area contributed by atoms with E-state index in [-0.39, 0.29) is 43.2 Å². The number of hydrogen-bond donors (Lipinski definition) is 3. The van der Waals surface area contributed by atoms with Crippen molar-refractivity contribution in [2.45, 2.75) is 51.1 Å². The minimum Gasteiger partial charge on any atom is -0.514 e. The number of allylic oxidation sites excluding steroid dienone is 1. The fraction of sp³-hybridized carbons (Fsp3) is 0.409. The van der Waals surface area contributed by atoms with E-state index in [9.17, 15) is 29.1 Å². The van der Waals surface area contributed by atoms with E-state index in [2.05, 4.69) is 10.6 Å². The predicted molar refractivity (Wildman–Crippen MR) is 113 cm³/mol. The lowest BCUT2D eigenvalue weighted by Gasteiger charge is -2.43. The van der Waals surface area contributed by atoms with E-state index in [1.165, 1.54) is 11.9 Å². The molecule has 2 fully saturated rings. The van der Waals surface area contributed by atoms with Gasteiger partial charge in [0.1, 0.15) is 17.9 Å². The van der Waals surface area contributed by atoms with E-state index in [4.69, 9.17) is 0 Å². The molecule has 0 bridgehead atoms. The first-order chi connectivity index (χ1) is 15.3. The summed E-state index contributed by atoms with van der Waals surface area (Å²) in [6, 6.07) is 6.40. The number of nitrogens with one attached hydrogen (secondary N) is 2. The molecule has 2 aliphatic heterocycles. The van der Waals surface area contributed by atoms with Crippen molar-refractivity contribution in [2.75, 3.05) is 6.54 Å². The Morgan fingerprint density at radius 1 is 1.16 bits per heavy atom. The Labute approximate surface area is 185 Å². The molecular formula is C22H26N4O6. The van der Waals surface area contributed by atoms with Crippen LogP contribution >= 0.6 is 0 Å². The Morgan fingerprint density at radius 3 is 2.53 bits per heavy atom. The van der Waals surface area contributed by atoms with Crippen molar-refractivity contribution < 1.29 is 29.1 Å². The molecule has 0 spiro atoms. The second kappa shape index (κ2) is 10.1. The topological polar surface area (TPSA) is 136 Å². The number of aliphatic hydroxyl groups excluding tert-OH is 1. The highest BCUT2D eigenvalue weighted by molar-refractivity contribution is 5.99. The zero-order chi connectivity index (χ0) is 23.3. The molecule has 0 aliphatic carbocycles. The Morgan fingerprint density at radius 2 is 1.88 bits per heavy atom. The van der Waals surface area contributed by atoms with E-state index < -0.39 is 29.8 Å². The third-order valence-corrected chi connectivity index (χ3v) is 5.38. The summed E-state index contributed by atoms with van der Waals surface area (Å²) in [5, 5.41) is 16.9. The maximum Gasteiger partial charge on any atom is 0.264 e. The molecule has 1 aromatic carbocycles. The fourth-order valence-electron chi connectivity index (χ4n) is 3.87. The minimum atomic E-state index is -1.02. The summed E-state index contributed by atoms with van der Waals surface area (Å²) in [5.41, 5.74) is 0.379. The molecule has 2 aliphatic rings. The highest BCUT2D eigenvalue weighted by Gasteiger charge is 2.44. The first kappa shape index (κ1) is 23.0. The molecular weight excluding hydrogens is 416 g/mol. The lowest BCUT2D eigenvalue weighted by atomic mass is 10.1. The number of carbonyl (C=O) groups excluding carboxylic acids is 5. The average molecular weight is 442 g/mol.